The average Bonchev–Trinajstić information content (AvgIpc) is 2.58. The molecule has 0 aliphatic carbocycles. The zero-order chi connectivity index (χ0) is 20.2. The summed E-state index contributed by atoms with van der Waals surface area (Å²) in [7, 11) is -4.97. The lowest BCUT2D eigenvalue weighted by atomic mass is 10.1. The van der Waals surface area contributed by atoms with E-state index in [0.717, 1.165) is 22.7 Å². The molecule has 0 spiro atoms. The van der Waals surface area contributed by atoms with Gasteiger partial charge < -0.3 is 9.79 Å². The molecular weight excluding hydrogens is 389 g/mol. The summed E-state index contributed by atoms with van der Waals surface area (Å²) in [5.74, 6) is -0.789. The van der Waals surface area contributed by atoms with E-state index in [4.69, 9.17) is 0 Å². The number of hydrogen-bond donors (Lipinski definition) is 2. The van der Waals surface area contributed by atoms with Gasteiger partial charge in [-0.3, -0.25) is 19.5 Å². The van der Waals surface area contributed by atoms with E-state index in [1.165, 1.54) is 24.3 Å². The Morgan fingerprint density at radius 2 is 1.67 bits per heavy atom. The van der Waals surface area contributed by atoms with Crippen LogP contribution in [0.5, 0.6) is 0 Å². The summed E-state index contributed by atoms with van der Waals surface area (Å²) in [5, 5.41) is 10.4. The van der Waals surface area contributed by atoms with Crippen LogP contribution in [0, 0.1) is 10.1 Å². The van der Waals surface area contributed by atoms with Gasteiger partial charge in [-0.1, -0.05) is 30.3 Å². The molecule has 0 heterocycles. The van der Waals surface area contributed by atoms with Crippen molar-refractivity contribution in [1.82, 2.24) is 0 Å². The van der Waals surface area contributed by atoms with Crippen molar-refractivity contribution in [3.63, 3.8) is 0 Å². The van der Waals surface area contributed by atoms with Crippen LogP contribution in [0.25, 0.3) is 6.08 Å². The van der Waals surface area contributed by atoms with E-state index < -0.39 is 28.4 Å². The number of allylic oxidation sites excluding steroid dienone is 1. The van der Waals surface area contributed by atoms with E-state index in [-0.39, 0.29) is 11.3 Å². The normalized spacial score (nSPS) is 12.7. The fraction of sp³-hybridized carbons (Fsp3) is 0.167. The number of Topliss-reactive ketones (excluding diaryl/α,β-unsaturated/α-hetero) is 1. The van der Waals surface area contributed by atoms with Crippen molar-refractivity contribution in [3.05, 3.63) is 75.6 Å². The minimum Gasteiger partial charge on any atom is -0.321 e. The average molecular weight is 407 g/mol. The molecule has 0 fully saturated rings. The van der Waals surface area contributed by atoms with Crippen LogP contribution in [0.1, 0.15) is 19.4 Å². The standard InChI is InChI=1S/C18H18NO6PS/c1-18(2,27-14-9-4-3-5-10-14)17(20)16(26(23,24)25)12-13-8-6-7-11-15(13)19(21)22/h3-12H,1-2H3,(H2,23,24,25). The molecule has 0 aromatic heterocycles. The molecule has 0 radical (unpaired) electrons. The first-order valence-electron chi connectivity index (χ1n) is 7.82. The van der Waals surface area contributed by atoms with Gasteiger partial charge >= 0.3 is 7.60 Å². The summed E-state index contributed by atoms with van der Waals surface area (Å²) in [6.07, 6.45) is 0.911. The molecule has 7 nitrogen and oxygen atoms in total. The Kier molecular flexibility index (Phi) is 6.38. The first-order chi connectivity index (χ1) is 12.5. The van der Waals surface area contributed by atoms with Gasteiger partial charge in [0.1, 0.15) is 5.31 Å². The van der Waals surface area contributed by atoms with Crippen LogP contribution >= 0.6 is 19.4 Å². The molecule has 2 N–H and O–H groups in total. The monoisotopic (exact) mass is 407 g/mol. The number of carbonyl (C=O) groups excluding carboxylic acids is 1. The number of nitro benzene ring substituents is 1. The highest BCUT2D eigenvalue weighted by molar-refractivity contribution is 8.01. The highest BCUT2D eigenvalue weighted by Crippen LogP contribution is 2.50. The SMILES string of the molecule is CC(C)(Sc1ccccc1)C(=O)C(=Cc1ccccc1[N+](=O)[O-])P(=O)(O)O. The molecule has 0 aliphatic rings. The lowest BCUT2D eigenvalue weighted by Crippen LogP contribution is -2.29. The number of nitro groups is 1. The number of nitrogens with zero attached hydrogens (tertiary/aromatic N) is 1. The molecular formula is C18H18NO6PS. The second-order valence-corrected chi connectivity index (χ2v) is 9.41. The Hall–Kier alpha value is -2.25. The van der Waals surface area contributed by atoms with Crippen LogP contribution in [-0.4, -0.2) is 25.2 Å². The number of hydrogen-bond acceptors (Lipinski definition) is 5. The van der Waals surface area contributed by atoms with Crippen molar-refractivity contribution < 1.29 is 24.1 Å². The lowest BCUT2D eigenvalue weighted by Gasteiger charge is -2.24. The van der Waals surface area contributed by atoms with Crippen molar-refractivity contribution in [3.8, 4) is 0 Å². The van der Waals surface area contributed by atoms with Gasteiger partial charge in [0.15, 0.2) is 5.78 Å². The highest BCUT2D eigenvalue weighted by Gasteiger charge is 2.39. The molecule has 2 aromatic rings. The van der Waals surface area contributed by atoms with Crippen LogP contribution in [-0.2, 0) is 9.36 Å². The molecule has 0 bridgehead atoms. The minimum atomic E-state index is -4.97. The van der Waals surface area contributed by atoms with Gasteiger partial charge in [-0.15, -0.1) is 11.8 Å². The molecule has 0 atom stereocenters. The summed E-state index contributed by atoms with van der Waals surface area (Å²) < 4.78 is 10.8. The predicted octanol–water partition coefficient (Wildman–Crippen LogP) is 4.25. The van der Waals surface area contributed by atoms with Crippen LogP contribution in [0.4, 0.5) is 5.69 Å². The number of carbonyl (C=O) groups is 1. The van der Waals surface area contributed by atoms with E-state index in [9.17, 15) is 29.3 Å². The number of thioether (sulfide) groups is 1. The summed E-state index contributed by atoms with van der Waals surface area (Å²) in [5.41, 5.74) is -0.389. The molecule has 27 heavy (non-hydrogen) atoms. The zero-order valence-corrected chi connectivity index (χ0v) is 16.3. The van der Waals surface area contributed by atoms with Gasteiger partial charge in [0, 0.05) is 11.0 Å². The Labute approximate surface area is 160 Å². The predicted molar refractivity (Wildman–Crippen MR) is 105 cm³/mol. The van der Waals surface area contributed by atoms with Crippen molar-refractivity contribution in [2.24, 2.45) is 0 Å². The number of benzene rings is 2. The van der Waals surface area contributed by atoms with E-state index in [0.29, 0.717) is 0 Å². The summed E-state index contributed by atoms with van der Waals surface area (Å²) in [6, 6.07) is 14.4. The lowest BCUT2D eigenvalue weighted by molar-refractivity contribution is -0.385. The summed E-state index contributed by atoms with van der Waals surface area (Å²) >= 11 is 1.15. The smallest absolute Gasteiger partial charge is 0.321 e. The Balaban J connectivity index is 2.50. The van der Waals surface area contributed by atoms with Crippen molar-refractivity contribution in [2.45, 2.75) is 23.5 Å². The van der Waals surface area contributed by atoms with Gasteiger partial charge in [-0.05, 0) is 38.1 Å². The topological polar surface area (TPSA) is 118 Å². The van der Waals surface area contributed by atoms with Gasteiger partial charge in [0.05, 0.1) is 15.2 Å². The Bertz CT molecular complexity index is 936. The first-order valence-corrected chi connectivity index (χ1v) is 10.3. The third-order valence-corrected chi connectivity index (χ3v) is 5.80. The molecule has 0 aliphatic heterocycles. The van der Waals surface area contributed by atoms with Crippen LogP contribution in [0.15, 0.2) is 64.8 Å². The molecule has 0 unspecified atom stereocenters. The maximum absolute atomic E-state index is 13.0. The molecule has 142 valence electrons. The Morgan fingerprint density at radius 3 is 2.22 bits per heavy atom. The molecule has 2 aromatic carbocycles. The third-order valence-electron chi connectivity index (χ3n) is 3.64. The maximum atomic E-state index is 13.0. The van der Waals surface area contributed by atoms with E-state index in [1.54, 1.807) is 38.1 Å². The van der Waals surface area contributed by atoms with Crippen molar-refractivity contribution in [2.75, 3.05) is 0 Å². The van der Waals surface area contributed by atoms with Crippen LogP contribution in [0.3, 0.4) is 0 Å². The summed E-state index contributed by atoms with van der Waals surface area (Å²) in [6.45, 7) is 3.10. The largest absolute Gasteiger partial charge is 0.359 e. The molecule has 0 saturated carbocycles. The van der Waals surface area contributed by atoms with Crippen molar-refractivity contribution >= 4 is 36.9 Å². The first kappa shape index (κ1) is 21.1. The highest BCUT2D eigenvalue weighted by atomic mass is 32.2. The number of para-hydroxylation sites is 1. The van der Waals surface area contributed by atoms with E-state index in [1.807, 2.05) is 6.07 Å². The fourth-order valence-electron chi connectivity index (χ4n) is 2.34. The third kappa shape index (κ3) is 5.37. The van der Waals surface area contributed by atoms with Gasteiger partial charge in [0.25, 0.3) is 5.69 Å². The quantitative estimate of drug-likeness (QED) is 0.232. The molecule has 2 rings (SSSR count). The molecule has 0 saturated heterocycles. The van der Waals surface area contributed by atoms with E-state index in [2.05, 4.69) is 0 Å². The second kappa shape index (κ2) is 8.19. The van der Waals surface area contributed by atoms with Crippen molar-refractivity contribution in [1.29, 1.82) is 0 Å². The fourth-order valence-corrected chi connectivity index (χ4v) is 4.36. The zero-order valence-electron chi connectivity index (χ0n) is 14.6. The summed E-state index contributed by atoms with van der Waals surface area (Å²) in [4.78, 5) is 43.6. The van der Waals surface area contributed by atoms with Gasteiger partial charge in [-0.25, -0.2) is 0 Å². The van der Waals surface area contributed by atoms with Gasteiger partial charge in [-0.2, -0.15) is 0 Å². The number of ketones is 1. The maximum Gasteiger partial charge on any atom is 0.359 e. The Morgan fingerprint density at radius 1 is 1.11 bits per heavy atom. The van der Waals surface area contributed by atoms with Crippen LogP contribution in [0.2, 0.25) is 0 Å². The second-order valence-electron chi connectivity index (χ2n) is 6.14. The minimum absolute atomic E-state index is 0.0466. The molecule has 0 amide bonds. The molecule has 9 heteroatoms. The van der Waals surface area contributed by atoms with Gasteiger partial charge in [0.2, 0.25) is 0 Å². The number of rotatable bonds is 7. The van der Waals surface area contributed by atoms with E-state index >= 15 is 0 Å². The van der Waals surface area contributed by atoms with Crippen LogP contribution < -0.4 is 0 Å².